The van der Waals surface area contributed by atoms with Crippen LogP contribution in [0, 0.1) is 0 Å². The molecule has 2 rings (SSSR count). The van der Waals surface area contributed by atoms with Crippen molar-refractivity contribution in [3.63, 3.8) is 0 Å². The Bertz CT molecular complexity index is 717. The number of nitrogens with one attached hydrogen (secondary N) is 1. The molecule has 6 heteroatoms. The molecule has 0 aliphatic carbocycles. The third-order valence-corrected chi connectivity index (χ3v) is 3.93. The second-order valence-electron chi connectivity index (χ2n) is 5.91. The molecule has 0 radical (unpaired) electrons. The van der Waals surface area contributed by atoms with E-state index in [1.807, 2.05) is 18.2 Å². The maximum absolute atomic E-state index is 10.7. The molecule has 2 aromatic rings. The Labute approximate surface area is 146 Å². The quantitative estimate of drug-likeness (QED) is 0.439. The van der Waals surface area contributed by atoms with Gasteiger partial charge in [-0.3, -0.25) is 4.79 Å². The highest BCUT2D eigenvalue weighted by Gasteiger charge is 2.10. The second kappa shape index (κ2) is 9.17. The van der Waals surface area contributed by atoms with Gasteiger partial charge < -0.3 is 25.7 Å². The first-order chi connectivity index (χ1) is 12.0. The standard InChI is InChI=1S/C19H23NO5/c21-12-16-10-15(4-5-17(16)22)18(23)11-20-7-6-13-2-1-3-14(8-13)9-19(24)25/h1-5,8,10,18,20-23H,6-7,9,11-12H2,(H,24,25)/t18-/m0/s1. The lowest BCUT2D eigenvalue weighted by atomic mass is 10.0. The Kier molecular flexibility index (Phi) is 6.94. The molecule has 0 aliphatic rings. The Balaban J connectivity index is 1.81. The van der Waals surface area contributed by atoms with Crippen molar-refractivity contribution in [1.82, 2.24) is 5.32 Å². The van der Waals surface area contributed by atoms with Crippen LogP contribution in [-0.2, 0) is 24.2 Å². The molecule has 0 aromatic heterocycles. The van der Waals surface area contributed by atoms with Gasteiger partial charge >= 0.3 is 5.97 Å². The van der Waals surface area contributed by atoms with Crippen molar-refractivity contribution in [3.05, 3.63) is 64.7 Å². The van der Waals surface area contributed by atoms with Crippen LogP contribution in [0.15, 0.2) is 42.5 Å². The monoisotopic (exact) mass is 345 g/mol. The fourth-order valence-electron chi connectivity index (χ4n) is 2.60. The fraction of sp³-hybridized carbons (Fsp3) is 0.316. The molecule has 134 valence electrons. The highest BCUT2D eigenvalue weighted by atomic mass is 16.4. The molecule has 1 atom stereocenters. The summed E-state index contributed by atoms with van der Waals surface area (Å²) in [6.45, 7) is 0.690. The molecule has 2 aromatic carbocycles. The number of aliphatic hydroxyl groups is 2. The number of phenols is 1. The molecule has 0 saturated carbocycles. The van der Waals surface area contributed by atoms with Crippen LogP contribution in [0.1, 0.15) is 28.4 Å². The molecule has 5 N–H and O–H groups in total. The van der Waals surface area contributed by atoms with Crippen molar-refractivity contribution in [2.45, 2.75) is 25.6 Å². The number of aromatic hydroxyl groups is 1. The molecule has 25 heavy (non-hydrogen) atoms. The first-order valence-corrected chi connectivity index (χ1v) is 8.10. The van der Waals surface area contributed by atoms with Gasteiger partial charge in [-0.15, -0.1) is 0 Å². The van der Waals surface area contributed by atoms with E-state index in [1.165, 1.54) is 6.07 Å². The Morgan fingerprint density at radius 2 is 1.88 bits per heavy atom. The van der Waals surface area contributed by atoms with Crippen LogP contribution >= 0.6 is 0 Å². The van der Waals surface area contributed by atoms with Gasteiger partial charge in [-0.1, -0.05) is 30.3 Å². The molecular weight excluding hydrogens is 322 g/mol. The second-order valence-corrected chi connectivity index (χ2v) is 5.91. The lowest BCUT2D eigenvalue weighted by Crippen LogP contribution is -2.23. The Morgan fingerprint density at radius 1 is 1.12 bits per heavy atom. The first kappa shape index (κ1) is 18.9. The SMILES string of the molecule is O=C(O)Cc1cccc(CCNC[C@H](O)c2ccc(O)c(CO)c2)c1. The molecule has 0 bridgehead atoms. The molecule has 0 aliphatic heterocycles. The van der Waals surface area contributed by atoms with Gasteiger partial charge in [0.25, 0.3) is 0 Å². The number of aliphatic hydroxyl groups excluding tert-OH is 2. The summed E-state index contributed by atoms with van der Waals surface area (Å²) in [5.74, 6) is -0.845. The summed E-state index contributed by atoms with van der Waals surface area (Å²) in [6, 6.07) is 12.1. The van der Waals surface area contributed by atoms with Crippen LogP contribution in [0.3, 0.4) is 0 Å². The van der Waals surface area contributed by atoms with Crippen LogP contribution in [0.5, 0.6) is 5.75 Å². The molecule has 0 spiro atoms. The van der Waals surface area contributed by atoms with E-state index in [1.54, 1.807) is 18.2 Å². The number of carboxylic acids is 1. The smallest absolute Gasteiger partial charge is 0.307 e. The average molecular weight is 345 g/mol. The lowest BCUT2D eigenvalue weighted by molar-refractivity contribution is -0.136. The van der Waals surface area contributed by atoms with Crippen LogP contribution in [0.25, 0.3) is 0 Å². The van der Waals surface area contributed by atoms with Crippen LogP contribution < -0.4 is 5.32 Å². The summed E-state index contributed by atoms with van der Waals surface area (Å²) in [5.41, 5.74) is 2.81. The summed E-state index contributed by atoms with van der Waals surface area (Å²) in [7, 11) is 0. The van der Waals surface area contributed by atoms with E-state index >= 15 is 0 Å². The summed E-state index contributed by atoms with van der Waals surface area (Å²) >= 11 is 0. The van der Waals surface area contributed by atoms with Gasteiger partial charge in [-0.25, -0.2) is 0 Å². The minimum atomic E-state index is -0.852. The third kappa shape index (κ3) is 5.86. The zero-order valence-corrected chi connectivity index (χ0v) is 13.9. The molecule has 6 nitrogen and oxygen atoms in total. The highest BCUT2D eigenvalue weighted by Crippen LogP contribution is 2.22. The van der Waals surface area contributed by atoms with Crippen molar-refractivity contribution in [2.24, 2.45) is 0 Å². The summed E-state index contributed by atoms with van der Waals surface area (Å²) in [5, 5.41) is 40.8. The topological polar surface area (TPSA) is 110 Å². The van der Waals surface area contributed by atoms with E-state index in [0.29, 0.717) is 24.2 Å². The van der Waals surface area contributed by atoms with Gasteiger partial charge in [-0.2, -0.15) is 0 Å². The predicted octanol–water partition coefficient (Wildman–Crippen LogP) is 1.38. The number of carboxylic acid groups (broad SMARTS) is 1. The molecule has 0 saturated heterocycles. The highest BCUT2D eigenvalue weighted by molar-refractivity contribution is 5.70. The largest absolute Gasteiger partial charge is 0.508 e. The number of hydrogen-bond donors (Lipinski definition) is 5. The van der Waals surface area contributed by atoms with Crippen LogP contribution in [0.2, 0.25) is 0 Å². The first-order valence-electron chi connectivity index (χ1n) is 8.10. The normalized spacial score (nSPS) is 12.1. The van der Waals surface area contributed by atoms with Crippen molar-refractivity contribution in [2.75, 3.05) is 13.1 Å². The molecular formula is C19H23NO5. The Morgan fingerprint density at radius 3 is 2.60 bits per heavy atom. The van der Waals surface area contributed by atoms with Gasteiger partial charge in [0.1, 0.15) is 5.75 Å². The van der Waals surface area contributed by atoms with E-state index in [0.717, 1.165) is 17.5 Å². The molecule has 0 heterocycles. The van der Waals surface area contributed by atoms with E-state index < -0.39 is 12.1 Å². The Hall–Kier alpha value is -2.41. The minimum Gasteiger partial charge on any atom is -0.508 e. The zero-order valence-electron chi connectivity index (χ0n) is 13.9. The number of aliphatic carboxylic acids is 1. The zero-order chi connectivity index (χ0) is 18.2. The fourth-order valence-corrected chi connectivity index (χ4v) is 2.60. The van der Waals surface area contributed by atoms with Gasteiger partial charge in [0.05, 0.1) is 19.1 Å². The lowest BCUT2D eigenvalue weighted by Gasteiger charge is -2.14. The van der Waals surface area contributed by atoms with Gasteiger partial charge in [-0.05, 0) is 41.8 Å². The average Bonchev–Trinajstić information content (AvgIpc) is 2.58. The van der Waals surface area contributed by atoms with Crippen molar-refractivity contribution < 1.29 is 25.2 Å². The summed E-state index contributed by atoms with van der Waals surface area (Å²) < 4.78 is 0. The predicted molar refractivity (Wildman–Crippen MR) is 93.3 cm³/mol. The number of benzene rings is 2. The van der Waals surface area contributed by atoms with Crippen molar-refractivity contribution in [3.8, 4) is 5.75 Å². The van der Waals surface area contributed by atoms with E-state index in [-0.39, 0.29) is 18.8 Å². The number of carbonyl (C=O) groups is 1. The molecule has 0 unspecified atom stereocenters. The van der Waals surface area contributed by atoms with E-state index in [4.69, 9.17) is 10.2 Å². The van der Waals surface area contributed by atoms with Crippen molar-refractivity contribution in [1.29, 1.82) is 0 Å². The van der Waals surface area contributed by atoms with Crippen molar-refractivity contribution >= 4 is 5.97 Å². The molecule has 0 fully saturated rings. The van der Waals surface area contributed by atoms with Gasteiger partial charge in [0.15, 0.2) is 0 Å². The number of hydrogen-bond acceptors (Lipinski definition) is 5. The van der Waals surface area contributed by atoms with Crippen LogP contribution in [-0.4, -0.2) is 39.5 Å². The van der Waals surface area contributed by atoms with E-state index in [2.05, 4.69) is 5.32 Å². The third-order valence-electron chi connectivity index (χ3n) is 3.93. The van der Waals surface area contributed by atoms with Gasteiger partial charge in [0.2, 0.25) is 0 Å². The minimum absolute atomic E-state index is 0.00709. The number of rotatable bonds is 9. The summed E-state index contributed by atoms with van der Waals surface area (Å²) in [6.07, 6.45) is -0.0182. The van der Waals surface area contributed by atoms with E-state index in [9.17, 15) is 15.0 Å². The van der Waals surface area contributed by atoms with Crippen LogP contribution in [0.4, 0.5) is 0 Å². The molecule has 0 amide bonds. The van der Waals surface area contributed by atoms with Gasteiger partial charge in [0, 0.05) is 12.1 Å². The maximum Gasteiger partial charge on any atom is 0.307 e. The maximum atomic E-state index is 10.7. The summed E-state index contributed by atoms with van der Waals surface area (Å²) in [4.78, 5) is 10.7.